The van der Waals surface area contributed by atoms with Gasteiger partial charge < -0.3 is 5.11 Å². The van der Waals surface area contributed by atoms with Crippen LogP contribution in [-0.4, -0.2) is 62.3 Å². The predicted molar refractivity (Wildman–Crippen MR) is 27.2 cm³/mol. The first-order valence-corrected chi connectivity index (χ1v) is 1.73. The van der Waals surface area contributed by atoms with Crippen molar-refractivity contribution < 1.29 is 9.90 Å². The van der Waals surface area contributed by atoms with Crippen LogP contribution in [0.25, 0.3) is 0 Å². The Kier molecular flexibility index (Phi) is 10.8. The largest absolute Gasteiger partial charge is 2.00 e. The van der Waals surface area contributed by atoms with E-state index in [9.17, 15) is 4.79 Å². The molecule has 6 heavy (non-hydrogen) atoms. The van der Waals surface area contributed by atoms with E-state index in [1.54, 1.807) is 0 Å². The molecule has 0 aromatic heterocycles. The van der Waals surface area contributed by atoms with Gasteiger partial charge in [-0.2, -0.15) is 12.6 Å². The third-order valence-corrected chi connectivity index (χ3v) is 0.406. The number of thiol groups is 1. The van der Waals surface area contributed by atoms with Gasteiger partial charge in [0.1, 0.15) is 0 Å². The van der Waals surface area contributed by atoms with Crippen molar-refractivity contribution in [2.45, 2.75) is 0 Å². The fourth-order valence-electron chi connectivity index (χ4n) is 0. The zero-order valence-electron chi connectivity index (χ0n) is 3.22. The summed E-state index contributed by atoms with van der Waals surface area (Å²) in [5, 5.41) is 7.65. The molecule has 0 radical (unpaired) electrons. The summed E-state index contributed by atoms with van der Waals surface area (Å²) in [4.78, 5) is 9.29. The fourth-order valence-corrected chi connectivity index (χ4v) is 0. The molecule has 0 aromatic rings. The average molecular weight is 180 g/mol. The average Bonchev–Trinajstić information content (AvgIpc) is 1.38. The third-order valence-electron chi connectivity index (χ3n) is 0.135. The molecule has 4 heteroatoms. The van der Waals surface area contributed by atoms with Crippen LogP contribution in [0, 0.1) is 0 Å². The van der Waals surface area contributed by atoms with E-state index in [2.05, 4.69) is 12.6 Å². The minimum absolute atomic E-state index is 0. The van der Waals surface area contributed by atoms with Crippen LogP contribution in [0.4, 0.5) is 0 Å². The van der Waals surface area contributed by atoms with E-state index < -0.39 is 5.97 Å². The van der Waals surface area contributed by atoms with Crippen molar-refractivity contribution in [3.63, 3.8) is 0 Å². The smallest absolute Gasteiger partial charge is 0.481 e. The van der Waals surface area contributed by atoms with Crippen molar-refractivity contribution in [3.05, 3.63) is 0 Å². The molecule has 2 nitrogen and oxygen atoms in total. The van der Waals surface area contributed by atoms with Crippen LogP contribution in [0.5, 0.6) is 0 Å². The fraction of sp³-hybridized carbons (Fsp3) is 0.500. The standard InChI is InChI=1S/C2H4O2S.Sr/c3-2(4)1-5;/h5H,1H2,(H,3,4);/q;+2. The molecule has 0 saturated heterocycles. The molecule has 0 spiro atoms. The number of carboxylic acids is 1. The minimum atomic E-state index is -0.881. The maximum Gasteiger partial charge on any atom is 2.00 e. The Labute approximate surface area is 78.6 Å². The van der Waals surface area contributed by atoms with E-state index in [1.807, 2.05) is 0 Å². The molecule has 0 heterocycles. The van der Waals surface area contributed by atoms with Crippen molar-refractivity contribution in [1.82, 2.24) is 0 Å². The molecular formula is C2H4O2SSr+2. The van der Waals surface area contributed by atoms with E-state index in [-0.39, 0.29) is 51.2 Å². The first kappa shape index (κ1) is 10.3. The SMILES string of the molecule is O=C(O)CS.[Sr+2]. The Bertz CT molecular complexity index is 46.8. The van der Waals surface area contributed by atoms with Gasteiger partial charge in [-0.15, -0.1) is 0 Å². The van der Waals surface area contributed by atoms with E-state index in [0.717, 1.165) is 0 Å². The topological polar surface area (TPSA) is 37.3 Å². The number of carboxylic acid groups (broad SMARTS) is 1. The van der Waals surface area contributed by atoms with Gasteiger partial charge in [-0.1, -0.05) is 0 Å². The predicted octanol–water partition coefficient (Wildman–Crippen LogP) is -0.380. The normalized spacial score (nSPS) is 6.17. The van der Waals surface area contributed by atoms with Gasteiger partial charge in [0.25, 0.3) is 0 Å². The molecular weight excluding hydrogens is 176 g/mol. The van der Waals surface area contributed by atoms with E-state index >= 15 is 0 Å². The first-order valence-electron chi connectivity index (χ1n) is 1.10. The number of rotatable bonds is 1. The number of carbonyl (C=O) groups is 1. The molecule has 0 saturated carbocycles. The van der Waals surface area contributed by atoms with Crippen molar-refractivity contribution in [2.24, 2.45) is 0 Å². The summed E-state index contributed by atoms with van der Waals surface area (Å²) >= 11 is 3.42. The maximum absolute atomic E-state index is 9.29. The Hall–Kier alpha value is 1.30. The Morgan fingerprint density at radius 1 is 1.83 bits per heavy atom. The number of hydrogen-bond acceptors (Lipinski definition) is 2. The van der Waals surface area contributed by atoms with Gasteiger partial charge in [-0.25, -0.2) is 0 Å². The molecule has 0 aliphatic carbocycles. The van der Waals surface area contributed by atoms with Crippen LogP contribution in [0.15, 0.2) is 0 Å². The van der Waals surface area contributed by atoms with Crippen LogP contribution in [0.3, 0.4) is 0 Å². The minimum Gasteiger partial charge on any atom is -0.481 e. The maximum atomic E-state index is 9.29. The molecule has 0 aromatic carbocycles. The third kappa shape index (κ3) is 9.00. The molecule has 0 aliphatic rings. The summed E-state index contributed by atoms with van der Waals surface area (Å²) in [6.07, 6.45) is 0. The van der Waals surface area contributed by atoms with Gasteiger partial charge in [0.15, 0.2) is 0 Å². The zero-order chi connectivity index (χ0) is 4.28. The van der Waals surface area contributed by atoms with Gasteiger partial charge in [0.2, 0.25) is 0 Å². The van der Waals surface area contributed by atoms with Crippen LogP contribution in [-0.2, 0) is 4.79 Å². The molecule has 0 rings (SSSR count). The van der Waals surface area contributed by atoms with Crippen LogP contribution in [0.2, 0.25) is 0 Å². The summed E-state index contributed by atoms with van der Waals surface area (Å²) in [6.45, 7) is 0. The molecule has 0 aliphatic heterocycles. The van der Waals surface area contributed by atoms with Crippen LogP contribution in [0.1, 0.15) is 0 Å². The second kappa shape index (κ2) is 6.30. The van der Waals surface area contributed by atoms with E-state index in [1.165, 1.54) is 0 Å². The molecule has 0 fully saturated rings. The van der Waals surface area contributed by atoms with Gasteiger partial charge >= 0.3 is 51.5 Å². The second-order valence-electron chi connectivity index (χ2n) is 0.552. The van der Waals surface area contributed by atoms with Crippen molar-refractivity contribution in [2.75, 3.05) is 5.75 Å². The molecule has 0 atom stereocenters. The van der Waals surface area contributed by atoms with E-state index in [4.69, 9.17) is 5.11 Å². The Morgan fingerprint density at radius 2 is 2.00 bits per heavy atom. The summed E-state index contributed by atoms with van der Waals surface area (Å²) in [5.41, 5.74) is 0. The van der Waals surface area contributed by atoms with E-state index in [0.29, 0.717) is 0 Å². The van der Waals surface area contributed by atoms with Gasteiger partial charge in [-0.3, -0.25) is 4.79 Å². The Balaban J connectivity index is 0. The molecule has 30 valence electrons. The molecule has 0 bridgehead atoms. The summed E-state index contributed by atoms with van der Waals surface area (Å²) < 4.78 is 0. The Morgan fingerprint density at radius 3 is 2.00 bits per heavy atom. The quantitative estimate of drug-likeness (QED) is 0.426. The first-order chi connectivity index (χ1) is 2.27. The number of aliphatic carboxylic acids is 1. The summed E-state index contributed by atoms with van der Waals surface area (Å²) in [5.74, 6) is -0.965. The summed E-state index contributed by atoms with van der Waals surface area (Å²) in [6, 6.07) is 0. The second-order valence-corrected chi connectivity index (χ2v) is 0.868. The van der Waals surface area contributed by atoms with Crippen molar-refractivity contribution in [3.8, 4) is 0 Å². The molecule has 1 N–H and O–H groups in total. The van der Waals surface area contributed by atoms with Gasteiger partial charge in [-0.05, 0) is 0 Å². The summed E-state index contributed by atoms with van der Waals surface area (Å²) in [7, 11) is 0. The van der Waals surface area contributed by atoms with Gasteiger partial charge in [0, 0.05) is 0 Å². The molecule has 0 amide bonds. The molecule has 0 unspecified atom stereocenters. The van der Waals surface area contributed by atoms with Gasteiger partial charge in [0.05, 0.1) is 5.75 Å². The monoisotopic (exact) mass is 180 g/mol. The van der Waals surface area contributed by atoms with Crippen LogP contribution >= 0.6 is 12.6 Å². The zero-order valence-corrected chi connectivity index (χ0v) is 7.59. The van der Waals surface area contributed by atoms with Crippen molar-refractivity contribution >= 4 is 64.1 Å². The van der Waals surface area contributed by atoms with Crippen LogP contribution < -0.4 is 0 Å². The van der Waals surface area contributed by atoms with Crippen molar-refractivity contribution in [1.29, 1.82) is 0 Å². The number of hydrogen-bond donors (Lipinski definition) is 2.